The van der Waals surface area contributed by atoms with Crippen LogP contribution in [0.25, 0.3) is 10.8 Å². The first-order valence-electron chi connectivity index (χ1n) is 7.97. The van der Waals surface area contributed by atoms with Crippen LogP contribution in [-0.2, 0) is 11.3 Å². The average Bonchev–Trinajstić information content (AvgIpc) is 3.12. The van der Waals surface area contributed by atoms with Gasteiger partial charge >= 0.3 is 0 Å². The molecule has 3 rings (SSSR count). The van der Waals surface area contributed by atoms with Crippen LogP contribution >= 0.6 is 0 Å². The molecule has 1 amide bonds. The Labute approximate surface area is 144 Å². The van der Waals surface area contributed by atoms with Crippen molar-refractivity contribution in [3.05, 3.63) is 65.0 Å². The molecule has 0 radical (unpaired) electrons. The summed E-state index contributed by atoms with van der Waals surface area (Å²) >= 11 is 0. The van der Waals surface area contributed by atoms with E-state index < -0.39 is 0 Å². The molecule has 0 unspecified atom stereocenters. The fraction of sp³-hybridized carbons (Fsp3) is 0.278. The molecule has 1 aromatic carbocycles. The summed E-state index contributed by atoms with van der Waals surface area (Å²) in [5.74, 6) is 0.495. The minimum atomic E-state index is -0.275. The number of nitrogens with zero attached hydrogens (tertiary/aromatic N) is 3. The van der Waals surface area contributed by atoms with Gasteiger partial charge in [-0.25, -0.2) is 4.68 Å². The highest BCUT2D eigenvalue weighted by Gasteiger charge is 2.18. The van der Waals surface area contributed by atoms with Crippen LogP contribution in [0.4, 0.5) is 0 Å². The quantitative estimate of drug-likeness (QED) is 0.734. The zero-order valence-corrected chi connectivity index (χ0v) is 14.2. The predicted octanol–water partition coefficient (Wildman–Crippen LogP) is 1.41. The van der Waals surface area contributed by atoms with Gasteiger partial charge in [0.05, 0.1) is 23.9 Å². The molecule has 0 aliphatic heterocycles. The van der Waals surface area contributed by atoms with E-state index in [1.807, 2.05) is 43.3 Å². The first-order valence-corrected chi connectivity index (χ1v) is 7.97. The average molecular weight is 340 g/mol. The number of benzene rings is 1. The molecule has 0 aliphatic rings. The molecule has 0 spiro atoms. The lowest BCUT2D eigenvalue weighted by Gasteiger charge is -2.22. The molecule has 1 atom stereocenters. The summed E-state index contributed by atoms with van der Waals surface area (Å²) < 4.78 is 6.59. The van der Waals surface area contributed by atoms with Crippen molar-refractivity contribution in [3.8, 4) is 0 Å². The number of furan rings is 1. The van der Waals surface area contributed by atoms with Crippen molar-refractivity contribution in [1.29, 1.82) is 0 Å². The molecule has 1 N–H and O–H groups in total. The van der Waals surface area contributed by atoms with Crippen molar-refractivity contribution in [1.82, 2.24) is 20.0 Å². The van der Waals surface area contributed by atoms with Crippen LogP contribution in [0.15, 0.2) is 58.1 Å². The number of aromatic nitrogens is 2. The molecule has 0 bridgehead atoms. The minimum Gasteiger partial charge on any atom is -0.468 e. The molecular formula is C18H20N4O3. The summed E-state index contributed by atoms with van der Waals surface area (Å²) in [5, 5.41) is 8.22. The van der Waals surface area contributed by atoms with Crippen molar-refractivity contribution in [3.63, 3.8) is 0 Å². The van der Waals surface area contributed by atoms with Crippen LogP contribution in [0.2, 0.25) is 0 Å². The number of likely N-dealkylation sites (N-methyl/N-ethyl adjacent to an activating group) is 1. The molecular weight excluding hydrogens is 320 g/mol. The zero-order valence-electron chi connectivity index (χ0n) is 14.2. The molecule has 0 aliphatic carbocycles. The molecule has 25 heavy (non-hydrogen) atoms. The third kappa shape index (κ3) is 3.77. The SMILES string of the molecule is CN(C)[C@@H](CNC(=O)Cn1ncc2ccccc2c1=O)c1ccco1. The predicted molar refractivity (Wildman–Crippen MR) is 94.1 cm³/mol. The second-order valence-corrected chi connectivity index (χ2v) is 5.99. The van der Waals surface area contributed by atoms with Gasteiger partial charge in [0.2, 0.25) is 5.91 Å². The normalized spacial score (nSPS) is 12.4. The van der Waals surface area contributed by atoms with Crippen molar-refractivity contribution >= 4 is 16.7 Å². The van der Waals surface area contributed by atoms with E-state index >= 15 is 0 Å². The Bertz CT molecular complexity index is 915. The van der Waals surface area contributed by atoms with Crippen molar-refractivity contribution in [2.24, 2.45) is 0 Å². The highest BCUT2D eigenvalue weighted by Crippen LogP contribution is 2.17. The van der Waals surface area contributed by atoms with Crippen molar-refractivity contribution in [2.75, 3.05) is 20.6 Å². The lowest BCUT2D eigenvalue weighted by Crippen LogP contribution is -2.38. The summed E-state index contributed by atoms with van der Waals surface area (Å²) in [7, 11) is 3.82. The summed E-state index contributed by atoms with van der Waals surface area (Å²) in [5.41, 5.74) is -0.275. The van der Waals surface area contributed by atoms with E-state index in [1.165, 1.54) is 4.68 Å². The summed E-state index contributed by atoms with van der Waals surface area (Å²) in [4.78, 5) is 26.6. The summed E-state index contributed by atoms with van der Waals surface area (Å²) in [6, 6.07) is 10.8. The van der Waals surface area contributed by atoms with E-state index in [2.05, 4.69) is 10.4 Å². The Hall–Kier alpha value is -2.93. The number of rotatable bonds is 6. The van der Waals surface area contributed by atoms with Gasteiger partial charge in [0.15, 0.2) is 0 Å². The van der Waals surface area contributed by atoms with E-state index in [0.717, 1.165) is 11.1 Å². The number of hydrogen-bond acceptors (Lipinski definition) is 5. The van der Waals surface area contributed by atoms with Gasteiger partial charge in [-0.1, -0.05) is 18.2 Å². The zero-order chi connectivity index (χ0) is 17.8. The fourth-order valence-corrected chi connectivity index (χ4v) is 2.66. The van der Waals surface area contributed by atoms with E-state index in [9.17, 15) is 9.59 Å². The number of nitrogens with one attached hydrogen (secondary N) is 1. The van der Waals surface area contributed by atoms with Gasteiger partial charge in [-0.2, -0.15) is 5.10 Å². The molecule has 3 aromatic rings. The first-order chi connectivity index (χ1) is 12.1. The van der Waals surface area contributed by atoms with Gasteiger partial charge in [0.25, 0.3) is 5.56 Å². The van der Waals surface area contributed by atoms with E-state index in [0.29, 0.717) is 11.9 Å². The number of hydrogen-bond donors (Lipinski definition) is 1. The number of carbonyl (C=O) groups is 1. The summed E-state index contributed by atoms with van der Waals surface area (Å²) in [6.07, 6.45) is 3.20. The second-order valence-electron chi connectivity index (χ2n) is 5.99. The maximum atomic E-state index is 12.4. The summed E-state index contributed by atoms with van der Waals surface area (Å²) in [6.45, 7) is 0.254. The minimum absolute atomic E-state index is 0.0831. The Morgan fingerprint density at radius 2 is 2.08 bits per heavy atom. The van der Waals surface area contributed by atoms with Crippen LogP contribution in [0.5, 0.6) is 0 Å². The van der Waals surface area contributed by atoms with Gasteiger partial charge in [0.1, 0.15) is 12.3 Å². The number of amides is 1. The smallest absolute Gasteiger partial charge is 0.275 e. The molecule has 7 heteroatoms. The van der Waals surface area contributed by atoms with Crippen LogP contribution in [-0.4, -0.2) is 41.2 Å². The standard InChI is InChI=1S/C18H20N4O3/c1-21(2)15(16-8-5-9-25-16)11-19-17(23)12-22-18(24)14-7-4-3-6-13(14)10-20-22/h3-10,15H,11-12H2,1-2H3,(H,19,23)/t15-/m0/s1. The monoisotopic (exact) mass is 340 g/mol. The Morgan fingerprint density at radius 3 is 2.80 bits per heavy atom. The van der Waals surface area contributed by atoms with Crippen molar-refractivity contribution < 1.29 is 9.21 Å². The lowest BCUT2D eigenvalue weighted by molar-refractivity contribution is -0.122. The van der Waals surface area contributed by atoms with E-state index in [1.54, 1.807) is 24.6 Å². The molecule has 7 nitrogen and oxygen atoms in total. The molecule has 0 fully saturated rings. The Balaban J connectivity index is 1.68. The van der Waals surface area contributed by atoms with Crippen LogP contribution in [0.3, 0.4) is 0 Å². The fourth-order valence-electron chi connectivity index (χ4n) is 2.66. The van der Waals surface area contributed by atoms with Crippen LogP contribution < -0.4 is 10.9 Å². The largest absolute Gasteiger partial charge is 0.468 e. The Kier molecular flexibility index (Phi) is 4.95. The lowest BCUT2D eigenvalue weighted by atomic mass is 10.2. The van der Waals surface area contributed by atoms with Gasteiger partial charge in [0, 0.05) is 11.9 Å². The molecule has 2 heterocycles. The van der Waals surface area contributed by atoms with E-state index in [-0.39, 0.29) is 24.1 Å². The third-order valence-corrected chi connectivity index (χ3v) is 4.04. The third-order valence-electron chi connectivity index (χ3n) is 4.04. The first kappa shape index (κ1) is 16.9. The van der Waals surface area contributed by atoms with E-state index in [4.69, 9.17) is 4.42 Å². The van der Waals surface area contributed by atoms with Gasteiger partial charge in [-0.05, 0) is 32.3 Å². The molecule has 0 saturated heterocycles. The molecule has 2 aromatic heterocycles. The van der Waals surface area contributed by atoms with Crippen molar-refractivity contribution in [2.45, 2.75) is 12.6 Å². The van der Waals surface area contributed by atoms with Gasteiger partial charge in [-0.15, -0.1) is 0 Å². The van der Waals surface area contributed by atoms with Crippen LogP contribution in [0.1, 0.15) is 11.8 Å². The second kappa shape index (κ2) is 7.31. The maximum Gasteiger partial charge on any atom is 0.275 e. The maximum absolute atomic E-state index is 12.4. The topological polar surface area (TPSA) is 80.4 Å². The van der Waals surface area contributed by atoms with Crippen LogP contribution in [0, 0.1) is 0 Å². The molecule has 130 valence electrons. The Morgan fingerprint density at radius 1 is 1.28 bits per heavy atom. The molecule has 0 saturated carbocycles. The van der Waals surface area contributed by atoms with Gasteiger partial charge in [-0.3, -0.25) is 14.5 Å². The van der Waals surface area contributed by atoms with Gasteiger partial charge < -0.3 is 9.73 Å². The number of fused-ring (bicyclic) bond motifs is 1. The highest BCUT2D eigenvalue weighted by molar-refractivity contribution is 5.81. The highest BCUT2D eigenvalue weighted by atomic mass is 16.3. The number of carbonyl (C=O) groups excluding carboxylic acids is 1.